The van der Waals surface area contributed by atoms with E-state index in [1.165, 1.54) is 25.3 Å². The molecule has 1 atom stereocenters. The molecule has 0 fully saturated rings. The van der Waals surface area contributed by atoms with Crippen LogP contribution in [0.25, 0.3) is 0 Å². The van der Waals surface area contributed by atoms with Crippen LogP contribution < -0.4 is 15.8 Å². The predicted molar refractivity (Wildman–Crippen MR) is 78.4 cm³/mol. The zero-order chi connectivity index (χ0) is 15.3. The number of rotatable bonds is 6. The van der Waals surface area contributed by atoms with E-state index in [1.54, 1.807) is 0 Å². The summed E-state index contributed by atoms with van der Waals surface area (Å²) in [5.41, 5.74) is 6.20. The number of carbonyl (C=O) groups excluding carboxylic acids is 1. The highest BCUT2D eigenvalue weighted by molar-refractivity contribution is 7.92. The van der Waals surface area contributed by atoms with E-state index in [-0.39, 0.29) is 17.3 Å². The molecule has 0 heterocycles. The Morgan fingerprint density at radius 3 is 2.65 bits per heavy atom. The van der Waals surface area contributed by atoms with Crippen molar-refractivity contribution in [3.8, 4) is 0 Å². The molecule has 0 bridgehead atoms. The maximum atomic E-state index is 11.7. The molecule has 7 nitrogen and oxygen atoms in total. The second kappa shape index (κ2) is 6.89. The Bertz CT molecular complexity index is 591. The SMILES string of the molecule is COCC(N)C(=O)Nc1ccc(NS(C)(=O)=O)c(Cl)c1. The second-order valence-electron chi connectivity index (χ2n) is 4.12. The fourth-order valence-corrected chi connectivity index (χ4v) is 2.23. The van der Waals surface area contributed by atoms with E-state index < -0.39 is 22.0 Å². The number of halogens is 1. The third kappa shape index (κ3) is 5.33. The average molecular weight is 322 g/mol. The Hall–Kier alpha value is -1.35. The van der Waals surface area contributed by atoms with E-state index in [9.17, 15) is 13.2 Å². The van der Waals surface area contributed by atoms with Gasteiger partial charge in [0.15, 0.2) is 0 Å². The number of benzene rings is 1. The van der Waals surface area contributed by atoms with Crippen molar-refractivity contribution in [2.75, 3.05) is 30.0 Å². The van der Waals surface area contributed by atoms with Crippen LogP contribution in [0.5, 0.6) is 0 Å². The molecule has 1 rings (SSSR count). The fourth-order valence-electron chi connectivity index (χ4n) is 1.37. The Labute approximate surface area is 122 Å². The smallest absolute Gasteiger partial charge is 0.243 e. The predicted octanol–water partition coefficient (Wildman–Crippen LogP) is 0.624. The highest BCUT2D eigenvalue weighted by atomic mass is 35.5. The van der Waals surface area contributed by atoms with Gasteiger partial charge in [-0.05, 0) is 18.2 Å². The monoisotopic (exact) mass is 321 g/mol. The average Bonchev–Trinajstić information content (AvgIpc) is 2.31. The number of methoxy groups -OCH3 is 1. The van der Waals surface area contributed by atoms with Crippen LogP contribution in [0.4, 0.5) is 11.4 Å². The van der Waals surface area contributed by atoms with Gasteiger partial charge in [-0.2, -0.15) is 0 Å². The molecule has 0 saturated heterocycles. The van der Waals surface area contributed by atoms with Gasteiger partial charge >= 0.3 is 0 Å². The van der Waals surface area contributed by atoms with Crippen LogP contribution in [-0.4, -0.2) is 40.3 Å². The first-order chi connectivity index (χ1) is 9.23. The quantitative estimate of drug-likeness (QED) is 0.711. The van der Waals surface area contributed by atoms with Gasteiger partial charge in [-0.15, -0.1) is 0 Å². The van der Waals surface area contributed by atoms with Crippen LogP contribution in [0.1, 0.15) is 0 Å². The number of ether oxygens (including phenoxy) is 1. The van der Waals surface area contributed by atoms with Crippen LogP contribution in [0, 0.1) is 0 Å². The molecule has 1 aromatic rings. The summed E-state index contributed by atoms with van der Waals surface area (Å²) in [4.78, 5) is 11.7. The van der Waals surface area contributed by atoms with Crippen molar-refractivity contribution in [1.82, 2.24) is 0 Å². The van der Waals surface area contributed by atoms with Gasteiger partial charge in [-0.25, -0.2) is 8.42 Å². The maximum Gasteiger partial charge on any atom is 0.243 e. The zero-order valence-corrected chi connectivity index (χ0v) is 12.6. The van der Waals surface area contributed by atoms with Gasteiger partial charge in [-0.1, -0.05) is 11.6 Å². The van der Waals surface area contributed by atoms with Gasteiger partial charge in [0, 0.05) is 12.8 Å². The van der Waals surface area contributed by atoms with Crippen molar-refractivity contribution in [3.63, 3.8) is 0 Å². The molecule has 112 valence electrons. The van der Waals surface area contributed by atoms with Crippen molar-refractivity contribution in [2.45, 2.75) is 6.04 Å². The molecule has 0 aliphatic rings. The number of amides is 1. The van der Waals surface area contributed by atoms with Crippen LogP contribution >= 0.6 is 11.6 Å². The summed E-state index contributed by atoms with van der Waals surface area (Å²) in [6.07, 6.45) is 1.02. The molecule has 0 radical (unpaired) electrons. The summed E-state index contributed by atoms with van der Waals surface area (Å²) in [7, 11) is -1.97. The van der Waals surface area contributed by atoms with Crippen molar-refractivity contribution < 1.29 is 17.9 Å². The lowest BCUT2D eigenvalue weighted by atomic mass is 10.2. The highest BCUT2D eigenvalue weighted by Crippen LogP contribution is 2.26. The zero-order valence-electron chi connectivity index (χ0n) is 11.0. The summed E-state index contributed by atoms with van der Waals surface area (Å²) in [6.45, 7) is 0.0906. The lowest BCUT2D eigenvalue weighted by Crippen LogP contribution is -2.39. The summed E-state index contributed by atoms with van der Waals surface area (Å²) in [5, 5.41) is 2.71. The van der Waals surface area contributed by atoms with E-state index in [0.29, 0.717) is 5.69 Å². The minimum Gasteiger partial charge on any atom is -0.383 e. The van der Waals surface area contributed by atoms with Crippen molar-refractivity contribution in [2.24, 2.45) is 5.73 Å². The fraction of sp³-hybridized carbons (Fsp3) is 0.364. The Balaban J connectivity index is 2.80. The lowest BCUT2D eigenvalue weighted by Gasteiger charge is -2.12. The molecule has 20 heavy (non-hydrogen) atoms. The first kappa shape index (κ1) is 16.7. The molecule has 0 spiro atoms. The number of hydrogen-bond acceptors (Lipinski definition) is 5. The van der Waals surface area contributed by atoms with Crippen molar-refractivity contribution in [1.29, 1.82) is 0 Å². The van der Waals surface area contributed by atoms with Crippen LogP contribution in [0.3, 0.4) is 0 Å². The molecular formula is C11H16ClN3O4S. The van der Waals surface area contributed by atoms with E-state index in [0.717, 1.165) is 6.26 Å². The van der Waals surface area contributed by atoms with Gasteiger partial charge in [0.2, 0.25) is 15.9 Å². The molecule has 0 aliphatic carbocycles. The Morgan fingerprint density at radius 2 is 2.15 bits per heavy atom. The number of nitrogens with one attached hydrogen (secondary N) is 2. The van der Waals surface area contributed by atoms with E-state index in [4.69, 9.17) is 22.1 Å². The van der Waals surface area contributed by atoms with Gasteiger partial charge in [-0.3, -0.25) is 9.52 Å². The number of sulfonamides is 1. The molecule has 4 N–H and O–H groups in total. The Kier molecular flexibility index (Phi) is 5.75. The third-order valence-corrected chi connectivity index (χ3v) is 3.12. The van der Waals surface area contributed by atoms with Gasteiger partial charge < -0.3 is 15.8 Å². The van der Waals surface area contributed by atoms with Crippen molar-refractivity contribution >= 4 is 38.9 Å². The first-order valence-electron chi connectivity index (χ1n) is 5.55. The molecule has 1 aromatic carbocycles. The van der Waals surface area contributed by atoms with Crippen LogP contribution in [0.2, 0.25) is 5.02 Å². The molecule has 9 heteroatoms. The summed E-state index contributed by atoms with van der Waals surface area (Å²) in [6, 6.07) is 3.58. The summed E-state index contributed by atoms with van der Waals surface area (Å²) >= 11 is 5.93. The van der Waals surface area contributed by atoms with Gasteiger partial charge in [0.25, 0.3) is 0 Å². The van der Waals surface area contributed by atoms with Gasteiger partial charge in [0.1, 0.15) is 6.04 Å². The summed E-state index contributed by atoms with van der Waals surface area (Å²) < 4.78 is 29.2. The standard InChI is InChI=1S/C11H16ClN3O4S/c1-19-6-9(13)11(16)14-7-3-4-10(8(12)5-7)15-20(2,17)18/h3-5,9,15H,6,13H2,1-2H3,(H,14,16). The Morgan fingerprint density at radius 1 is 1.50 bits per heavy atom. The molecule has 0 aromatic heterocycles. The molecule has 1 amide bonds. The topological polar surface area (TPSA) is 111 Å². The van der Waals surface area contributed by atoms with Crippen LogP contribution in [-0.2, 0) is 19.6 Å². The van der Waals surface area contributed by atoms with E-state index >= 15 is 0 Å². The molecule has 0 saturated carbocycles. The first-order valence-corrected chi connectivity index (χ1v) is 7.82. The summed E-state index contributed by atoms with van der Waals surface area (Å²) in [5.74, 6) is -0.424. The van der Waals surface area contributed by atoms with Crippen LogP contribution in [0.15, 0.2) is 18.2 Å². The molecule has 0 aliphatic heterocycles. The second-order valence-corrected chi connectivity index (χ2v) is 6.28. The van der Waals surface area contributed by atoms with Crippen molar-refractivity contribution in [3.05, 3.63) is 23.2 Å². The maximum absolute atomic E-state index is 11.7. The number of anilines is 2. The normalized spacial score (nSPS) is 12.8. The largest absolute Gasteiger partial charge is 0.383 e. The van der Waals surface area contributed by atoms with E-state index in [2.05, 4.69) is 10.0 Å². The van der Waals surface area contributed by atoms with E-state index in [1.807, 2.05) is 0 Å². The third-order valence-electron chi connectivity index (χ3n) is 2.21. The number of nitrogens with two attached hydrogens (primary N) is 1. The minimum atomic E-state index is -3.41. The molecule has 1 unspecified atom stereocenters. The number of hydrogen-bond donors (Lipinski definition) is 3. The minimum absolute atomic E-state index is 0.0906. The number of carbonyl (C=O) groups is 1. The lowest BCUT2D eigenvalue weighted by molar-refractivity contribution is -0.118. The highest BCUT2D eigenvalue weighted by Gasteiger charge is 2.14. The van der Waals surface area contributed by atoms with Gasteiger partial charge in [0.05, 0.1) is 23.6 Å². The molecular weight excluding hydrogens is 306 g/mol.